The molecule has 0 atom stereocenters. The number of hydrogen-bond acceptors (Lipinski definition) is 1. The van der Waals surface area contributed by atoms with Crippen molar-refractivity contribution in [2.24, 2.45) is 0 Å². The van der Waals surface area contributed by atoms with E-state index in [0.29, 0.717) is 0 Å². The van der Waals surface area contributed by atoms with Crippen LogP contribution in [0.25, 0.3) is 10.9 Å². The molecule has 1 heterocycles. The lowest BCUT2D eigenvalue weighted by Gasteiger charge is -2.06. The molecule has 21 heavy (non-hydrogen) atoms. The van der Waals surface area contributed by atoms with Crippen LogP contribution in [-0.4, -0.2) is 9.67 Å². The zero-order valence-electron chi connectivity index (χ0n) is 12.4. The lowest BCUT2D eigenvalue weighted by atomic mass is 10.1. The number of aryl methyl sites for hydroxylation is 3. The van der Waals surface area contributed by atoms with Crippen molar-refractivity contribution in [1.82, 2.24) is 4.57 Å². The fourth-order valence-corrected chi connectivity index (χ4v) is 2.90. The molecule has 0 saturated carbocycles. The van der Waals surface area contributed by atoms with E-state index in [9.17, 15) is 5.11 Å². The summed E-state index contributed by atoms with van der Waals surface area (Å²) in [5.74, 6) is 0. The van der Waals surface area contributed by atoms with Crippen molar-refractivity contribution in [3.05, 3.63) is 71.4 Å². The second-order valence-electron chi connectivity index (χ2n) is 5.60. The number of aromatic nitrogens is 1. The Labute approximate surface area is 125 Å². The highest BCUT2D eigenvalue weighted by Gasteiger charge is 2.06. The van der Waals surface area contributed by atoms with Crippen LogP contribution in [0.5, 0.6) is 0 Å². The topological polar surface area (TPSA) is 25.2 Å². The summed E-state index contributed by atoms with van der Waals surface area (Å²) in [7, 11) is 0. The van der Waals surface area contributed by atoms with Crippen LogP contribution in [0.3, 0.4) is 0 Å². The Morgan fingerprint density at radius 2 is 1.81 bits per heavy atom. The van der Waals surface area contributed by atoms with Crippen LogP contribution in [-0.2, 0) is 19.6 Å². The molecule has 108 valence electrons. The van der Waals surface area contributed by atoms with Crippen molar-refractivity contribution in [3.63, 3.8) is 0 Å². The standard InChI is InChI=1S/C19H21NO/c1-15-13-20(11-5-8-16-6-3-2-4-7-16)19-12-17(14-21)9-10-18(15)19/h2-4,6-7,9-10,12-13,21H,5,8,11,14H2,1H3. The van der Waals surface area contributed by atoms with Gasteiger partial charge in [-0.2, -0.15) is 0 Å². The van der Waals surface area contributed by atoms with E-state index in [1.807, 2.05) is 6.07 Å². The second kappa shape index (κ2) is 6.15. The summed E-state index contributed by atoms with van der Waals surface area (Å²) in [6.45, 7) is 3.26. The van der Waals surface area contributed by atoms with Gasteiger partial charge in [-0.05, 0) is 42.5 Å². The minimum Gasteiger partial charge on any atom is -0.392 e. The van der Waals surface area contributed by atoms with Crippen molar-refractivity contribution in [3.8, 4) is 0 Å². The smallest absolute Gasteiger partial charge is 0.0682 e. The molecule has 2 heteroatoms. The summed E-state index contributed by atoms with van der Waals surface area (Å²) in [5.41, 5.74) is 4.90. The molecule has 2 aromatic carbocycles. The number of aliphatic hydroxyl groups is 1. The first kappa shape index (κ1) is 13.9. The van der Waals surface area contributed by atoms with Crippen LogP contribution >= 0.6 is 0 Å². The number of rotatable bonds is 5. The maximum atomic E-state index is 9.31. The Hall–Kier alpha value is -2.06. The highest BCUT2D eigenvalue weighted by Crippen LogP contribution is 2.23. The van der Waals surface area contributed by atoms with Gasteiger partial charge >= 0.3 is 0 Å². The first-order valence-corrected chi connectivity index (χ1v) is 7.51. The van der Waals surface area contributed by atoms with Gasteiger partial charge in [-0.25, -0.2) is 0 Å². The van der Waals surface area contributed by atoms with Gasteiger partial charge in [0.25, 0.3) is 0 Å². The first-order chi connectivity index (χ1) is 10.3. The highest BCUT2D eigenvalue weighted by atomic mass is 16.3. The van der Waals surface area contributed by atoms with Crippen molar-refractivity contribution >= 4 is 10.9 Å². The van der Waals surface area contributed by atoms with E-state index in [2.05, 4.69) is 60.2 Å². The predicted octanol–water partition coefficient (Wildman–Crippen LogP) is 4.07. The SMILES string of the molecule is Cc1cn(CCCc2ccccc2)c2cc(CO)ccc12. The summed E-state index contributed by atoms with van der Waals surface area (Å²) in [5, 5.41) is 10.6. The molecule has 0 saturated heterocycles. The van der Waals surface area contributed by atoms with Crippen LogP contribution in [0, 0.1) is 6.92 Å². The molecule has 0 fully saturated rings. The van der Waals surface area contributed by atoms with Gasteiger partial charge in [-0.15, -0.1) is 0 Å². The lowest BCUT2D eigenvalue weighted by Crippen LogP contribution is -1.98. The Bertz CT molecular complexity index is 728. The Balaban J connectivity index is 1.77. The normalized spacial score (nSPS) is 11.1. The molecule has 0 unspecified atom stereocenters. The average molecular weight is 279 g/mol. The molecule has 0 amide bonds. The molecule has 3 rings (SSSR count). The summed E-state index contributed by atoms with van der Waals surface area (Å²) in [4.78, 5) is 0. The largest absolute Gasteiger partial charge is 0.392 e. The fraction of sp³-hybridized carbons (Fsp3) is 0.263. The number of aliphatic hydroxyl groups excluding tert-OH is 1. The monoisotopic (exact) mass is 279 g/mol. The summed E-state index contributed by atoms with van der Waals surface area (Å²) in [6, 6.07) is 16.8. The summed E-state index contributed by atoms with van der Waals surface area (Å²) < 4.78 is 2.31. The van der Waals surface area contributed by atoms with Crippen LogP contribution in [0.4, 0.5) is 0 Å². The zero-order valence-corrected chi connectivity index (χ0v) is 12.4. The zero-order chi connectivity index (χ0) is 14.7. The second-order valence-corrected chi connectivity index (χ2v) is 5.60. The molecule has 1 aromatic heterocycles. The molecule has 3 aromatic rings. The Morgan fingerprint density at radius 3 is 2.57 bits per heavy atom. The van der Waals surface area contributed by atoms with E-state index in [0.717, 1.165) is 24.9 Å². The van der Waals surface area contributed by atoms with Gasteiger partial charge in [0.1, 0.15) is 0 Å². The van der Waals surface area contributed by atoms with Gasteiger partial charge in [-0.3, -0.25) is 0 Å². The molecular weight excluding hydrogens is 258 g/mol. The summed E-state index contributed by atoms with van der Waals surface area (Å²) in [6.07, 6.45) is 4.44. The fourth-order valence-electron chi connectivity index (χ4n) is 2.90. The van der Waals surface area contributed by atoms with E-state index in [4.69, 9.17) is 0 Å². The van der Waals surface area contributed by atoms with Gasteiger partial charge in [-0.1, -0.05) is 42.5 Å². The number of hydrogen-bond donors (Lipinski definition) is 1. The maximum Gasteiger partial charge on any atom is 0.0682 e. The number of fused-ring (bicyclic) bond motifs is 1. The van der Waals surface area contributed by atoms with Crippen LogP contribution in [0.1, 0.15) is 23.1 Å². The lowest BCUT2D eigenvalue weighted by molar-refractivity contribution is 0.282. The molecule has 0 spiro atoms. The molecular formula is C19H21NO. The van der Waals surface area contributed by atoms with E-state index in [-0.39, 0.29) is 6.61 Å². The molecule has 2 nitrogen and oxygen atoms in total. The van der Waals surface area contributed by atoms with Crippen molar-refractivity contribution in [2.75, 3.05) is 0 Å². The van der Waals surface area contributed by atoms with E-state index in [1.54, 1.807) is 0 Å². The van der Waals surface area contributed by atoms with Gasteiger partial charge in [0.15, 0.2) is 0 Å². The van der Waals surface area contributed by atoms with Gasteiger partial charge in [0.05, 0.1) is 6.61 Å². The van der Waals surface area contributed by atoms with E-state index < -0.39 is 0 Å². The van der Waals surface area contributed by atoms with Crippen LogP contribution < -0.4 is 0 Å². The highest BCUT2D eigenvalue weighted by molar-refractivity contribution is 5.84. The van der Waals surface area contributed by atoms with Crippen molar-refractivity contribution in [2.45, 2.75) is 32.9 Å². The van der Waals surface area contributed by atoms with Gasteiger partial charge in [0.2, 0.25) is 0 Å². The maximum absolute atomic E-state index is 9.31. The van der Waals surface area contributed by atoms with Gasteiger partial charge in [0, 0.05) is 23.6 Å². The minimum absolute atomic E-state index is 0.101. The third-order valence-corrected chi connectivity index (χ3v) is 4.04. The Morgan fingerprint density at radius 1 is 1.00 bits per heavy atom. The summed E-state index contributed by atoms with van der Waals surface area (Å²) >= 11 is 0. The number of nitrogens with zero attached hydrogens (tertiary/aromatic N) is 1. The predicted molar refractivity (Wildman–Crippen MR) is 87.4 cm³/mol. The molecule has 0 bridgehead atoms. The van der Waals surface area contributed by atoms with Gasteiger partial charge < -0.3 is 9.67 Å². The third kappa shape index (κ3) is 3.01. The Kier molecular flexibility index (Phi) is 4.07. The minimum atomic E-state index is 0.101. The number of benzene rings is 2. The van der Waals surface area contributed by atoms with Crippen molar-refractivity contribution < 1.29 is 5.11 Å². The molecule has 0 aliphatic heterocycles. The first-order valence-electron chi connectivity index (χ1n) is 7.51. The van der Waals surface area contributed by atoms with Crippen LogP contribution in [0.2, 0.25) is 0 Å². The quantitative estimate of drug-likeness (QED) is 0.748. The molecule has 0 aliphatic carbocycles. The molecule has 0 aliphatic rings. The third-order valence-electron chi connectivity index (χ3n) is 4.04. The van der Waals surface area contributed by atoms with E-state index >= 15 is 0 Å². The molecule has 1 N–H and O–H groups in total. The van der Waals surface area contributed by atoms with Crippen molar-refractivity contribution in [1.29, 1.82) is 0 Å². The van der Waals surface area contributed by atoms with Crippen LogP contribution in [0.15, 0.2) is 54.7 Å². The molecule has 0 radical (unpaired) electrons. The van der Waals surface area contributed by atoms with E-state index in [1.165, 1.54) is 22.0 Å². The average Bonchev–Trinajstić information content (AvgIpc) is 2.84.